The first-order valence-electron chi connectivity index (χ1n) is 5.78. The summed E-state index contributed by atoms with van der Waals surface area (Å²) >= 11 is 5.82. The van der Waals surface area contributed by atoms with Crippen molar-refractivity contribution in [3.63, 3.8) is 0 Å². The number of nitrogens with one attached hydrogen (secondary N) is 1. The van der Waals surface area contributed by atoms with Crippen molar-refractivity contribution >= 4 is 21.6 Å². The molecule has 1 aromatic carbocycles. The highest BCUT2D eigenvalue weighted by Gasteiger charge is 2.25. The quantitative estimate of drug-likeness (QED) is 0.838. The third-order valence-electron chi connectivity index (χ3n) is 2.72. The summed E-state index contributed by atoms with van der Waals surface area (Å²) < 4.78 is 32.0. The van der Waals surface area contributed by atoms with Crippen LogP contribution < -0.4 is 9.46 Å². The van der Waals surface area contributed by atoms with Gasteiger partial charge in [0.1, 0.15) is 10.6 Å². The van der Waals surface area contributed by atoms with Crippen LogP contribution in [0.5, 0.6) is 5.75 Å². The number of aliphatic hydroxyl groups is 1. The van der Waals surface area contributed by atoms with E-state index in [0.29, 0.717) is 5.02 Å². The molecule has 108 valence electrons. The molecule has 0 aliphatic heterocycles. The van der Waals surface area contributed by atoms with Gasteiger partial charge in [-0.1, -0.05) is 25.4 Å². The number of halogens is 1. The van der Waals surface area contributed by atoms with E-state index in [0.717, 1.165) is 0 Å². The van der Waals surface area contributed by atoms with Gasteiger partial charge in [0, 0.05) is 11.1 Å². The molecule has 1 rings (SSSR count). The highest BCUT2D eigenvalue weighted by Crippen LogP contribution is 2.27. The minimum Gasteiger partial charge on any atom is -0.495 e. The fourth-order valence-electron chi connectivity index (χ4n) is 1.51. The minimum absolute atomic E-state index is 0.0371. The Labute approximate surface area is 118 Å². The van der Waals surface area contributed by atoms with E-state index >= 15 is 0 Å². The molecule has 7 heteroatoms. The van der Waals surface area contributed by atoms with Gasteiger partial charge in [-0.3, -0.25) is 0 Å². The number of hydrogen-bond acceptors (Lipinski definition) is 4. The summed E-state index contributed by atoms with van der Waals surface area (Å²) in [5.74, 6) is 0.169. The van der Waals surface area contributed by atoms with Crippen molar-refractivity contribution in [2.75, 3.05) is 13.7 Å². The van der Waals surface area contributed by atoms with Gasteiger partial charge in [0.15, 0.2) is 0 Å². The average molecular weight is 308 g/mol. The first kappa shape index (κ1) is 16.2. The smallest absolute Gasteiger partial charge is 0.244 e. The van der Waals surface area contributed by atoms with E-state index in [9.17, 15) is 13.5 Å². The summed E-state index contributed by atoms with van der Waals surface area (Å²) in [5, 5.41) is 9.50. The predicted octanol–water partition coefficient (Wildman–Crippen LogP) is 1.64. The Morgan fingerprint density at radius 1 is 1.42 bits per heavy atom. The van der Waals surface area contributed by atoms with Crippen LogP contribution in [0.3, 0.4) is 0 Å². The lowest BCUT2D eigenvalue weighted by molar-refractivity contribution is 0.227. The first-order chi connectivity index (χ1) is 8.81. The molecule has 1 aromatic rings. The van der Waals surface area contributed by atoms with Gasteiger partial charge in [0.05, 0.1) is 13.7 Å². The van der Waals surface area contributed by atoms with Gasteiger partial charge in [-0.25, -0.2) is 13.1 Å². The fourth-order valence-corrected chi connectivity index (χ4v) is 3.31. The summed E-state index contributed by atoms with van der Waals surface area (Å²) in [5.41, 5.74) is 0. The molecule has 0 radical (unpaired) electrons. The number of benzene rings is 1. The molecule has 0 heterocycles. The lowest BCUT2D eigenvalue weighted by atomic mass is 10.1. The maximum atomic E-state index is 12.3. The van der Waals surface area contributed by atoms with Crippen molar-refractivity contribution in [1.29, 1.82) is 0 Å². The third kappa shape index (κ3) is 4.07. The summed E-state index contributed by atoms with van der Waals surface area (Å²) in [6.45, 7) is 3.36. The van der Waals surface area contributed by atoms with E-state index in [2.05, 4.69) is 4.72 Å². The monoisotopic (exact) mass is 307 g/mol. The van der Waals surface area contributed by atoms with E-state index in [-0.39, 0.29) is 23.2 Å². The van der Waals surface area contributed by atoms with Crippen LogP contribution in [-0.2, 0) is 10.0 Å². The molecule has 2 N–H and O–H groups in total. The summed E-state index contributed by atoms with van der Waals surface area (Å²) in [4.78, 5) is -0.0402. The predicted molar refractivity (Wildman–Crippen MR) is 74.0 cm³/mol. The number of sulfonamides is 1. The Kier molecular flexibility index (Phi) is 5.61. The molecule has 0 aliphatic carbocycles. The van der Waals surface area contributed by atoms with E-state index < -0.39 is 16.1 Å². The highest BCUT2D eigenvalue weighted by molar-refractivity contribution is 7.89. The van der Waals surface area contributed by atoms with Gasteiger partial charge < -0.3 is 9.84 Å². The molecule has 0 spiro atoms. The molecule has 19 heavy (non-hydrogen) atoms. The van der Waals surface area contributed by atoms with Gasteiger partial charge in [0.25, 0.3) is 0 Å². The lowest BCUT2D eigenvalue weighted by Gasteiger charge is -2.20. The SMILES string of the molecule is COc1ccc(Cl)cc1S(=O)(=O)NC(CO)C(C)C. The van der Waals surface area contributed by atoms with Crippen molar-refractivity contribution < 1.29 is 18.3 Å². The molecule has 1 unspecified atom stereocenters. The molecule has 5 nitrogen and oxygen atoms in total. The molecular weight excluding hydrogens is 290 g/mol. The highest BCUT2D eigenvalue weighted by atomic mass is 35.5. The normalized spacial score (nSPS) is 13.6. The second-order valence-corrected chi connectivity index (χ2v) is 6.57. The Balaban J connectivity index is 3.16. The number of methoxy groups -OCH3 is 1. The first-order valence-corrected chi connectivity index (χ1v) is 7.64. The molecule has 0 fully saturated rings. The van der Waals surface area contributed by atoms with Gasteiger partial charge in [-0.15, -0.1) is 0 Å². The van der Waals surface area contributed by atoms with E-state index in [1.807, 2.05) is 13.8 Å². The van der Waals surface area contributed by atoms with Gasteiger partial charge in [-0.05, 0) is 24.1 Å². The zero-order valence-electron chi connectivity index (χ0n) is 11.1. The fraction of sp³-hybridized carbons (Fsp3) is 0.500. The van der Waals surface area contributed by atoms with E-state index in [1.54, 1.807) is 6.07 Å². The second kappa shape index (κ2) is 6.56. The molecule has 0 aliphatic rings. The van der Waals surface area contributed by atoms with E-state index in [4.69, 9.17) is 16.3 Å². The Hall–Kier alpha value is -0.820. The van der Waals surface area contributed by atoms with Crippen LogP contribution in [0.25, 0.3) is 0 Å². The maximum absolute atomic E-state index is 12.3. The standard InChI is InChI=1S/C12H18ClNO4S/c1-8(2)10(7-15)14-19(16,17)12-6-9(13)4-5-11(12)18-3/h4-6,8,10,14-15H,7H2,1-3H3. The van der Waals surface area contributed by atoms with Gasteiger partial charge >= 0.3 is 0 Å². The molecule has 0 amide bonds. The second-order valence-electron chi connectivity index (χ2n) is 4.45. The van der Waals surface area contributed by atoms with Crippen LogP contribution in [0.15, 0.2) is 23.1 Å². The molecule has 0 saturated carbocycles. The summed E-state index contributed by atoms with van der Waals surface area (Å²) in [6.07, 6.45) is 0. The molecular formula is C12H18ClNO4S. The maximum Gasteiger partial charge on any atom is 0.244 e. The minimum atomic E-state index is -3.80. The number of rotatable bonds is 6. The van der Waals surface area contributed by atoms with Crippen molar-refractivity contribution in [3.05, 3.63) is 23.2 Å². The van der Waals surface area contributed by atoms with Gasteiger partial charge in [-0.2, -0.15) is 0 Å². The Bertz CT molecular complexity index is 531. The average Bonchev–Trinajstić information content (AvgIpc) is 2.35. The van der Waals surface area contributed by atoms with Crippen LogP contribution in [-0.4, -0.2) is 33.3 Å². The summed E-state index contributed by atoms with van der Waals surface area (Å²) in [7, 11) is -2.42. The van der Waals surface area contributed by atoms with Crippen LogP contribution in [0, 0.1) is 5.92 Å². The lowest BCUT2D eigenvalue weighted by Crippen LogP contribution is -2.41. The summed E-state index contributed by atoms with van der Waals surface area (Å²) in [6, 6.07) is 3.79. The number of hydrogen-bond donors (Lipinski definition) is 2. The number of aliphatic hydroxyl groups excluding tert-OH is 1. The van der Waals surface area contributed by atoms with Crippen molar-refractivity contribution in [1.82, 2.24) is 4.72 Å². The van der Waals surface area contributed by atoms with E-state index in [1.165, 1.54) is 19.2 Å². The zero-order valence-corrected chi connectivity index (χ0v) is 12.6. The van der Waals surface area contributed by atoms with Crippen LogP contribution in [0.2, 0.25) is 5.02 Å². The van der Waals surface area contributed by atoms with Crippen molar-refractivity contribution in [3.8, 4) is 5.75 Å². The van der Waals surface area contributed by atoms with Gasteiger partial charge in [0.2, 0.25) is 10.0 Å². The third-order valence-corrected chi connectivity index (χ3v) is 4.47. The van der Waals surface area contributed by atoms with Crippen LogP contribution in [0.1, 0.15) is 13.8 Å². The van der Waals surface area contributed by atoms with Crippen LogP contribution in [0.4, 0.5) is 0 Å². The molecule has 1 atom stereocenters. The molecule has 0 aromatic heterocycles. The Morgan fingerprint density at radius 2 is 2.05 bits per heavy atom. The molecule has 0 bridgehead atoms. The Morgan fingerprint density at radius 3 is 2.53 bits per heavy atom. The zero-order chi connectivity index (χ0) is 14.6. The number of ether oxygens (including phenoxy) is 1. The van der Waals surface area contributed by atoms with Crippen LogP contribution >= 0.6 is 11.6 Å². The molecule has 0 saturated heterocycles. The van der Waals surface area contributed by atoms with Crippen molar-refractivity contribution in [2.45, 2.75) is 24.8 Å². The topological polar surface area (TPSA) is 75.6 Å². The largest absolute Gasteiger partial charge is 0.495 e. The van der Waals surface area contributed by atoms with Crippen molar-refractivity contribution in [2.24, 2.45) is 5.92 Å².